The fraction of sp³-hybridized carbons (Fsp3) is 0.938. The minimum Gasteiger partial charge on any atom is -0.383 e. The van der Waals surface area contributed by atoms with Gasteiger partial charge in [0.1, 0.15) is 5.60 Å². The maximum Gasteiger partial charge on any atom is 0.352 e. The number of carbonyl (C=O) groups is 1. The monoisotopic (exact) mass is 333 g/mol. The Morgan fingerprint density at radius 3 is 2.52 bits per heavy atom. The van der Waals surface area contributed by atoms with Crippen molar-refractivity contribution in [2.75, 3.05) is 19.8 Å². The molecular weight excluding hydrogens is 308 g/mol. The van der Waals surface area contributed by atoms with E-state index in [2.05, 4.69) is 5.32 Å². The van der Waals surface area contributed by atoms with E-state index >= 15 is 0 Å². The number of amides is 1. The number of carbonyl (C=O) groups excluding carboxylic acids is 1. The summed E-state index contributed by atoms with van der Waals surface area (Å²) >= 11 is 0. The molecule has 1 aliphatic heterocycles. The molecule has 1 saturated heterocycles. The first-order valence-corrected chi connectivity index (χ1v) is 8.46. The van der Waals surface area contributed by atoms with Gasteiger partial charge in [0, 0.05) is 31.3 Å². The van der Waals surface area contributed by atoms with E-state index in [0.717, 1.165) is 0 Å². The van der Waals surface area contributed by atoms with Gasteiger partial charge in [-0.15, -0.1) is 0 Å². The molecule has 7 heteroatoms. The van der Waals surface area contributed by atoms with Gasteiger partial charge in [-0.1, -0.05) is 0 Å². The first-order valence-electron chi connectivity index (χ1n) is 8.46. The number of hydrogen-bond acceptors (Lipinski definition) is 4. The smallest absolute Gasteiger partial charge is 0.352 e. The number of nitrogens with one attached hydrogen (secondary N) is 1. The Morgan fingerprint density at radius 1 is 1.35 bits per heavy atom. The van der Waals surface area contributed by atoms with Crippen LogP contribution in [0.15, 0.2) is 0 Å². The number of hydrogen-bond donors (Lipinski definition) is 2. The standard InChI is InChI=1S/C16H25F2NO4/c1-2-23-12-10-11(14(12)6-8-22-9-7-14)19-13(20)16(17,18)15(21)4-3-5-15/h11-12,21H,2-10H2,1H3,(H,19,20)/t11-,12-/m1/s1. The highest BCUT2D eigenvalue weighted by Crippen LogP contribution is 2.51. The molecule has 23 heavy (non-hydrogen) atoms. The first-order chi connectivity index (χ1) is 10.9. The number of rotatable bonds is 5. The summed E-state index contributed by atoms with van der Waals surface area (Å²) in [5.74, 6) is -5.10. The van der Waals surface area contributed by atoms with Crippen molar-refractivity contribution < 1.29 is 28.2 Å². The number of halogens is 2. The van der Waals surface area contributed by atoms with E-state index in [-0.39, 0.29) is 30.4 Å². The second-order valence-electron chi connectivity index (χ2n) is 7.01. The van der Waals surface area contributed by atoms with Crippen molar-refractivity contribution in [1.82, 2.24) is 5.32 Å². The van der Waals surface area contributed by atoms with Gasteiger partial charge in [0.2, 0.25) is 0 Å². The molecule has 132 valence electrons. The largest absolute Gasteiger partial charge is 0.383 e. The maximum absolute atomic E-state index is 14.3. The van der Waals surface area contributed by atoms with Crippen LogP contribution in [-0.4, -0.2) is 54.5 Å². The van der Waals surface area contributed by atoms with Gasteiger partial charge in [-0.25, -0.2) is 0 Å². The van der Waals surface area contributed by atoms with Gasteiger partial charge in [-0.05, 0) is 45.4 Å². The third kappa shape index (κ3) is 2.57. The molecule has 0 bridgehead atoms. The predicted molar refractivity (Wildman–Crippen MR) is 78.2 cm³/mol. The molecule has 3 aliphatic rings. The SMILES string of the molecule is CCO[C@@H]1C[C@@H](NC(=O)C(F)(F)C2(O)CCC2)C12CCOCC2. The zero-order valence-electron chi connectivity index (χ0n) is 13.4. The van der Waals surface area contributed by atoms with Gasteiger partial charge in [0.05, 0.1) is 6.10 Å². The van der Waals surface area contributed by atoms with Crippen LogP contribution in [0.2, 0.25) is 0 Å². The van der Waals surface area contributed by atoms with Gasteiger partial charge in [0.25, 0.3) is 5.91 Å². The lowest BCUT2D eigenvalue weighted by Gasteiger charge is -2.57. The lowest BCUT2D eigenvalue weighted by atomic mass is 9.57. The molecule has 3 fully saturated rings. The Hall–Kier alpha value is -0.790. The lowest BCUT2D eigenvalue weighted by molar-refractivity contribution is -0.222. The second kappa shape index (κ2) is 5.93. The van der Waals surface area contributed by atoms with Gasteiger partial charge in [-0.3, -0.25) is 4.79 Å². The average Bonchev–Trinajstić information content (AvgIpc) is 2.52. The van der Waals surface area contributed by atoms with Crippen molar-refractivity contribution in [3.05, 3.63) is 0 Å². The zero-order valence-corrected chi connectivity index (χ0v) is 13.4. The first kappa shape index (κ1) is 17.0. The van der Waals surface area contributed by atoms with E-state index < -0.39 is 17.4 Å². The summed E-state index contributed by atoms with van der Waals surface area (Å²) in [6.07, 6.45) is 2.36. The number of ether oxygens (including phenoxy) is 2. The topological polar surface area (TPSA) is 67.8 Å². The Labute approximate surface area is 134 Å². The van der Waals surface area contributed by atoms with Crippen molar-refractivity contribution in [2.45, 2.75) is 69.1 Å². The van der Waals surface area contributed by atoms with Gasteiger partial charge in [-0.2, -0.15) is 8.78 Å². The molecule has 5 nitrogen and oxygen atoms in total. The minimum atomic E-state index is -3.74. The van der Waals surface area contributed by atoms with Gasteiger partial charge < -0.3 is 19.9 Å². The third-order valence-corrected chi connectivity index (χ3v) is 5.93. The molecule has 3 rings (SSSR count). The molecule has 1 heterocycles. The highest BCUT2D eigenvalue weighted by molar-refractivity contribution is 5.85. The molecule has 0 radical (unpaired) electrons. The maximum atomic E-state index is 14.3. The van der Waals surface area contributed by atoms with E-state index in [0.29, 0.717) is 45.5 Å². The highest BCUT2D eigenvalue weighted by atomic mass is 19.3. The zero-order chi connectivity index (χ0) is 16.7. The number of aliphatic hydroxyl groups is 1. The lowest BCUT2D eigenvalue weighted by Crippen LogP contribution is -2.70. The van der Waals surface area contributed by atoms with Crippen LogP contribution in [0.5, 0.6) is 0 Å². The van der Waals surface area contributed by atoms with E-state index in [1.165, 1.54) is 0 Å². The van der Waals surface area contributed by atoms with Crippen molar-refractivity contribution in [3.63, 3.8) is 0 Å². The van der Waals surface area contributed by atoms with Crippen LogP contribution in [-0.2, 0) is 14.3 Å². The highest BCUT2D eigenvalue weighted by Gasteiger charge is 2.63. The van der Waals surface area contributed by atoms with Crippen molar-refractivity contribution in [3.8, 4) is 0 Å². The molecule has 2 saturated carbocycles. The summed E-state index contributed by atoms with van der Waals surface area (Å²) in [4.78, 5) is 12.1. The van der Waals surface area contributed by atoms with Crippen molar-refractivity contribution in [2.24, 2.45) is 5.41 Å². The summed E-state index contributed by atoms with van der Waals surface area (Å²) in [5, 5.41) is 12.4. The molecular formula is C16H25F2NO4. The molecule has 2 N–H and O–H groups in total. The minimum absolute atomic E-state index is 0.0258. The molecule has 0 aromatic carbocycles. The Kier molecular flexibility index (Phi) is 4.40. The molecule has 0 aromatic rings. The molecule has 0 aromatic heterocycles. The summed E-state index contributed by atoms with van der Waals surface area (Å²) in [7, 11) is 0. The van der Waals surface area contributed by atoms with Crippen molar-refractivity contribution in [1.29, 1.82) is 0 Å². The molecule has 1 spiro atoms. The van der Waals surface area contributed by atoms with Crippen LogP contribution in [0.25, 0.3) is 0 Å². The van der Waals surface area contributed by atoms with Gasteiger partial charge >= 0.3 is 5.92 Å². The Bertz CT molecular complexity index is 461. The Morgan fingerprint density at radius 2 is 2.00 bits per heavy atom. The van der Waals surface area contributed by atoms with Crippen LogP contribution in [0.3, 0.4) is 0 Å². The van der Waals surface area contributed by atoms with Crippen LogP contribution >= 0.6 is 0 Å². The van der Waals surface area contributed by atoms with Crippen molar-refractivity contribution >= 4 is 5.91 Å². The quantitative estimate of drug-likeness (QED) is 0.802. The third-order valence-electron chi connectivity index (χ3n) is 5.93. The predicted octanol–water partition coefficient (Wildman–Crippen LogP) is 1.63. The summed E-state index contributed by atoms with van der Waals surface area (Å²) in [6, 6.07) is -0.343. The van der Waals surface area contributed by atoms with E-state index in [1.54, 1.807) is 0 Å². The second-order valence-corrected chi connectivity index (χ2v) is 7.01. The van der Waals surface area contributed by atoms with Crippen LogP contribution in [0.1, 0.15) is 45.4 Å². The fourth-order valence-electron chi connectivity index (χ4n) is 4.09. The molecule has 0 unspecified atom stereocenters. The van der Waals surface area contributed by atoms with E-state index in [4.69, 9.17) is 9.47 Å². The fourth-order valence-corrected chi connectivity index (χ4v) is 4.09. The molecule has 2 atom stereocenters. The molecule has 1 amide bonds. The summed E-state index contributed by atoms with van der Waals surface area (Å²) < 4.78 is 39.6. The summed E-state index contributed by atoms with van der Waals surface area (Å²) in [5.41, 5.74) is -2.49. The summed E-state index contributed by atoms with van der Waals surface area (Å²) in [6.45, 7) is 3.57. The average molecular weight is 333 g/mol. The number of alkyl halides is 2. The van der Waals surface area contributed by atoms with Crippen LogP contribution in [0, 0.1) is 5.41 Å². The van der Waals surface area contributed by atoms with Crippen LogP contribution in [0.4, 0.5) is 8.78 Å². The van der Waals surface area contributed by atoms with Crippen LogP contribution < -0.4 is 5.32 Å². The Balaban J connectivity index is 1.68. The van der Waals surface area contributed by atoms with E-state index in [9.17, 15) is 18.7 Å². The molecule has 2 aliphatic carbocycles. The normalized spacial score (nSPS) is 32.0. The van der Waals surface area contributed by atoms with E-state index in [1.807, 2.05) is 6.92 Å². The van der Waals surface area contributed by atoms with Gasteiger partial charge in [0.15, 0.2) is 0 Å².